The number of carbonyl (C=O) groups excluding carboxylic acids is 1. The van der Waals surface area contributed by atoms with Crippen LogP contribution in [0, 0.1) is 10.1 Å². The van der Waals surface area contributed by atoms with Crippen molar-refractivity contribution in [2.75, 3.05) is 18.9 Å². The van der Waals surface area contributed by atoms with E-state index in [9.17, 15) is 14.9 Å². The van der Waals surface area contributed by atoms with Crippen molar-refractivity contribution in [1.82, 2.24) is 5.32 Å². The zero-order chi connectivity index (χ0) is 15.9. The Morgan fingerprint density at radius 1 is 1.43 bits per heavy atom. The zero-order valence-electron chi connectivity index (χ0n) is 12.4. The molecule has 0 heterocycles. The predicted molar refractivity (Wildman–Crippen MR) is 82.5 cm³/mol. The van der Waals surface area contributed by atoms with E-state index in [0.717, 1.165) is 0 Å². The average Bonchev–Trinajstić information content (AvgIpc) is 2.46. The van der Waals surface area contributed by atoms with Crippen molar-refractivity contribution in [1.29, 1.82) is 0 Å². The van der Waals surface area contributed by atoms with Gasteiger partial charge in [-0.05, 0) is 26.5 Å². The van der Waals surface area contributed by atoms with Crippen LogP contribution in [0.4, 0.5) is 5.69 Å². The molecule has 0 amide bonds. The van der Waals surface area contributed by atoms with Gasteiger partial charge in [-0.25, -0.2) is 0 Å². The van der Waals surface area contributed by atoms with Crippen molar-refractivity contribution in [3.05, 3.63) is 34.4 Å². The van der Waals surface area contributed by atoms with Crippen molar-refractivity contribution in [2.45, 2.75) is 31.2 Å². The van der Waals surface area contributed by atoms with Crippen LogP contribution in [0.2, 0.25) is 0 Å². The number of hydrogen-bond acceptors (Lipinski definition) is 6. The molecule has 1 aromatic rings. The maximum absolute atomic E-state index is 12.1. The lowest BCUT2D eigenvalue weighted by Gasteiger charge is -2.27. The molecule has 0 aliphatic heterocycles. The Morgan fingerprint density at radius 2 is 2.10 bits per heavy atom. The Labute approximate surface area is 128 Å². The van der Waals surface area contributed by atoms with E-state index >= 15 is 0 Å². The SMILES string of the molecule is CCNC(C)(CSc1ccccc1[N+](=O)[O-])C(=O)OCC. The van der Waals surface area contributed by atoms with Crippen LogP contribution in [-0.2, 0) is 9.53 Å². The smallest absolute Gasteiger partial charge is 0.326 e. The first kappa shape index (κ1) is 17.5. The summed E-state index contributed by atoms with van der Waals surface area (Å²) < 4.78 is 5.08. The maximum atomic E-state index is 12.1. The quantitative estimate of drug-likeness (QED) is 0.344. The number of nitro benzene ring substituents is 1. The number of esters is 1. The topological polar surface area (TPSA) is 81.5 Å². The van der Waals surface area contributed by atoms with Gasteiger partial charge < -0.3 is 10.1 Å². The number of thioether (sulfide) groups is 1. The summed E-state index contributed by atoms with van der Waals surface area (Å²) in [5.74, 6) is 0.00258. The number of benzene rings is 1. The van der Waals surface area contributed by atoms with Gasteiger partial charge in [-0.3, -0.25) is 14.9 Å². The molecule has 0 saturated carbocycles. The van der Waals surface area contributed by atoms with Crippen molar-refractivity contribution in [2.24, 2.45) is 0 Å². The third kappa shape index (κ3) is 4.71. The first-order valence-electron chi connectivity index (χ1n) is 6.73. The molecule has 0 fully saturated rings. The van der Waals surface area contributed by atoms with Gasteiger partial charge in [0.2, 0.25) is 0 Å². The van der Waals surface area contributed by atoms with E-state index in [0.29, 0.717) is 23.8 Å². The van der Waals surface area contributed by atoms with Crippen LogP contribution in [0.3, 0.4) is 0 Å². The van der Waals surface area contributed by atoms with Crippen molar-refractivity contribution < 1.29 is 14.5 Å². The van der Waals surface area contributed by atoms with E-state index < -0.39 is 10.5 Å². The predicted octanol–water partition coefficient (Wildman–Crippen LogP) is 2.62. The molecule has 21 heavy (non-hydrogen) atoms. The molecular weight excluding hydrogens is 292 g/mol. The second-order valence-electron chi connectivity index (χ2n) is 4.60. The number of nitrogens with one attached hydrogen (secondary N) is 1. The van der Waals surface area contributed by atoms with Gasteiger partial charge >= 0.3 is 5.97 Å². The van der Waals surface area contributed by atoms with Crippen LogP contribution in [0.5, 0.6) is 0 Å². The highest BCUT2D eigenvalue weighted by Crippen LogP contribution is 2.31. The number of nitro groups is 1. The number of rotatable bonds is 8. The second kappa shape index (κ2) is 7.99. The molecule has 1 rings (SSSR count). The molecule has 1 unspecified atom stereocenters. The largest absolute Gasteiger partial charge is 0.465 e. The Hall–Kier alpha value is -1.60. The Balaban J connectivity index is 2.87. The summed E-state index contributed by atoms with van der Waals surface area (Å²) in [6, 6.07) is 6.50. The van der Waals surface area contributed by atoms with E-state index in [1.807, 2.05) is 6.92 Å². The fourth-order valence-corrected chi connectivity index (χ4v) is 2.94. The molecule has 1 atom stereocenters. The van der Waals surface area contributed by atoms with Gasteiger partial charge in [0.1, 0.15) is 5.54 Å². The van der Waals surface area contributed by atoms with Gasteiger partial charge in [0, 0.05) is 11.8 Å². The van der Waals surface area contributed by atoms with Crippen LogP contribution in [0.15, 0.2) is 29.2 Å². The van der Waals surface area contributed by atoms with Gasteiger partial charge in [-0.15, -0.1) is 11.8 Å². The molecule has 0 aliphatic carbocycles. The molecule has 0 radical (unpaired) electrons. The van der Waals surface area contributed by atoms with E-state index in [1.165, 1.54) is 17.8 Å². The third-order valence-corrected chi connectivity index (χ3v) is 4.25. The van der Waals surface area contributed by atoms with Crippen molar-refractivity contribution in [3.8, 4) is 0 Å². The summed E-state index contributed by atoms with van der Waals surface area (Å²) in [5, 5.41) is 14.1. The molecule has 0 aliphatic rings. The summed E-state index contributed by atoms with van der Waals surface area (Å²) in [7, 11) is 0. The minimum Gasteiger partial charge on any atom is -0.465 e. The van der Waals surface area contributed by atoms with Crippen molar-refractivity contribution >= 4 is 23.4 Å². The molecule has 0 spiro atoms. The lowest BCUT2D eigenvalue weighted by Crippen LogP contribution is -2.52. The summed E-state index contributed by atoms with van der Waals surface area (Å²) in [6.07, 6.45) is 0. The molecular formula is C14H20N2O4S. The van der Waals surface area contributed by atoms with Crippen LogP contribution in [0.25, 0.3) is 0 Å². The van der Waals surface area contributed by atoms with E-state index in [1.54, 1.807) is 32.0 Å². The minimum atomic E-state index is -0.876. The standard InChI is InChI=1S/C14H20N2O4S/c1-4-15-14(3,13(17)20-5-2)10-21-12-9-7-6-8-11(12)16(18)19/h6-9,15H,4-5,10H2,1-3H3. The van der Waals surface area contributed by atoms with E-state index in [-0.39, 0.29) is 11.7 Å². The first-order valence-corrected chi connectivity index (χ1v) is 7.71. The number of para-hydroxylation sites is 1. The van der Waals surface area contributed by atoms with Crippen LogP contribution < -0.4 is 5.32 Å². The highest BCUT2D eigenvalue weighted by molar-refractivity contribution is 7.99. The van der Waals surface area contributed by atoms with Crippen LogP contribution >= 0.6 is 11.8 Å². The highest BCUT2D eigenvalue weighted by atomic mass is 32.2. The first-order chi connectivity index (χ1) is 9.94. The number of hydrogen-bond donors (Lipinski definition) is 1. The summed E-state index contributed by atoms with van der Waals surface area (Å²) in [4.78, 5) is 23.2. The van der Waals surface area contributed by atoms with Gasteiger partial charge in [-0.2, -0.15) is 0 Å². The molecule has 0 aromatic heterocycles. The highest BCUT2D eigenvalue weighted by Gasteiger charge is 2.34. The van der Waals surface area contributed by atoms with Gasteiger partial charge in [0.05, 0.1) is 16.4 Å². The minimum absolute atomic E-state index is 0.0465. The number of ether oxygens (including phenoxy) is 1. The zero-order valence-corrected chi connectivity index (χ0v) is 13.2. The molecule has 1 N–H and O–H groups in total. The fourth-order valence-electron chi connectivity index (χ4n) is 1.81. The Bertz CT molecular complexity index is 510. The monoisotopic (exact) mass is 312 g/mol. The summed E-state index contributed by atoms with van der Waals surface area (Å²) in [5.41, 5.74) is -0.829. The molecule has 6 nitrogen and oxygen atoms in total. The molecule has 0 saturated heterocycles. The van der Waals surface area contributed by atoms with Gasteiger partial charge in [0.25, 0.3) is 5.69 Å². The summed E-state index contributed by atoms with van der Waals surface area (Å²) >= 11 is 1.27. The summed E-state index contributed by atoms with van der Waals surface area (Å²) in [6.45, 7) is 6.30. The fraction of sp³-hybridized carbons (Fsp3) is 0.500. The third-order valence-electron chi connectivity index (χ3n) is 2.87. The number of carbonyl (C=O) groups is 1. The lowest BCUT2D eigenvalue weighted by molar-refractivity contribution is -0.387. The number of nitrogens with zero attached hydrogens (tertiary/aromatic N) is 1. The van der Waals surface area contributed by atoms with Crippen LogP contribution in [0.1, 0.15) is 20.8 Å². The molecule has 7 heteroatoms. The molecule has 116 valence electrons. The van der Waals surface area contributed by atoms with E-state index in [4.69, 9.17) is 4.74 Å². The van der Waals surface area contributed by atoms with Crippen LogP contribution in [-0.4, -0.2) is 35.3 Å². The molecule has 0 bridgehead atoms. The average molecular weight is 312 g/mol. The normalized spacial score (nSPS) is 13.5. The Kier molecular flexibility index (Phi) is 6.64. The van der Waals surface area contributed by atoms with Crippen molar-refractivity contribution in [3.63, 3.8) is 0 Å². The van der Waals surface area contributed by atoms with Gasteiger partial charge in [0.15, 0.2) is 0 Å². The van der Waals surface area contributed by atoms with E-state index in [2.05, 4.69) is 5.32 Å². The Morgan fingerprint density at radius 3 is 2.67 bits per heavy atom. The number of likely N-dealkylation sites (N-methyl/N-ethyl adjacent to an activating group) is 1. The van der Waals surface area contributed by atoms with Gasteiger partial charge in [-0.1, -0.05) is 19.1 Å². The molecule has 1 aromatic carbocycles. The second-order valence-corrected chi connectivity index (χ2v) is 5.61. The maximum Gasteiger partial charge on any atom is 0.326 e. The lowest BCUT2D eigenvalue weighted by atomic mass is 10.1.